The number of carbonyl (C=O) groups is 3. The third-order valence-electron chi connectivity index (χ3n) is 3.81. The van der Waals surface area contributed by atoms with Gasteiger partial charge in [-0.15, -0.1) is 11.3 Å². The van der Waals surface area contributed by atoms with E-state index in [4.69, 9.17) is 11.6 Å². The number of hydrogen-bond donors (Lipinski definition) is 1. The number of rotatable bonds is 6. The molecule has 1 fully saturated rings. The Morgan fingerprint density at radius 2 is 2.17 bits per heavy atom. The lowest BCUT2D eigenvalue weighted by Crippen LogP contribution is -2.37. The second-order valence-electron chi connectivity index (χ2n) is 5.81. The number of thiazole rings is 1. The molecular formula is C17H13ClN4O5S2. The molecule has 12 heteroatoms. The molecule has 1 aliphatic heterocycles. The first-order valence-electron chi connectivity index (χ1n) is 8.16. The Hall–Kier alpha value is -2.76. The van der Waals surface area contributed by atoms with Crippen molar-refractivity contribution in [2.24, 2.45) is 0 Å². The Morgan fingerprint density at radius 3 is 2.83 bits per heavy atom. The van der Waals surface area contributed by atoms with Gasteiger partial charge >= 0.3 is 0 Å². The summed E-state index contributed by atoms with van der Waals surface area (Å²) in [6, 6.07) is 4.09. The molecule has 29 heavy (non-hydrogen) atoms. The summed E-state index contributed by atoms with van der Waals surface area (Å²) in [6.45, 7) is 1.86. The van der Waals surface area contributed by atoms with Crippen molar-refractivity contribution in [2.75, 3.05) is 13.1 Å². The molecule has 9 nitrogen and oxygen atoms in total. The lowest BCUT2D eigenvalue weighted by molar-refractivity contribution is -0.384. The molecule has 0 unspecified atom stereocenters. The van der Waals surface area contributed by atoms with Crippen LogP contribution in [0.2, 0.25) is 5.02 Å². The second-order valence-corrected chi connectivity index (χ2v) is 8.27. The number of imide groups is 1. The molecule has 1 aromatic carbocycles. The molecule has 3 rings (SSSR count). The summed E-state index contributed by atoms with van der Waals surface area (Å²) in [5, 5.41) is 15.5. The van der Waals surface area contributed by atoms with Gasteiger partial charge in [-0.05, 0) is 36.4 Å². The number of aromatic nitrogens is 1. The Bertz CT molecular complexity index is 1050. The molecule has 1 saturated heterocycles. The standard InChI is InChI=1S/C17H13ClN4O5S2/c1-9-20-12(8-28-9)15(23)19-4-5-21-16(24)14(29-17(21)25)7-10-2-3-11(18)13(6-10)22(26)27/h2-3,6-8H,4-5H2,1H3,(H,19,23)/b14-7+. The van der Waals surface area contributed by atoms with E-state index < -0.39 is 16.1 Å². The van der Waals surface area contributed by atoms with E-state index >= 15 is 0 Å². The van der Waals surface area contributed by atoms with E-state index in [1.807, 2.05) is 0 Å². The number of halogens is 1. The maximum absolute atomic E-state index is 12.5. The van der Waals surface area contributed by atoms with Crippen LogP contribution in [-0.2, 0) is 4.79 Å². The van der Waals surface area contributed by atoms with Crippen LogP contribution in [0.25, 0.3) is 6.08 Å². The summed E-state index contributed by atoms with van der Waals surface area (Å²) < 4.78 is 0. The van der Waals surface area contributed by atoms with Gasteiger partial charge in [0.1, 0.15) is 10.7 Å². The molecule has 150 valence electrons. The number of amides is 3. The van der Waals surface area contributed by atoms with Crippen molar-refractivity contribution in [3.8, 4) is 0 Å². The van der Waals surface area contributed by atoms with E-state index in [1.54, 1.807) is 12.3 Å². The average molecular weight is 453 g/mol. The molecule has 1 N–H and O–H groups in total. The van der Waals surface area contributed by atoms with Crippen LogP contribution in [0.5, 0.6) is 0 Å². The average Bonchev–Trinajstić information content (AvgIpc) is 3.21. The number of hydrogen-bond acceptors (Lipinski definition) is 8. The normalized spacial score (nSPS) is 15.2. The Morgan fingerprint density at radius 1 is 1.41 bits per heavy atom. The minimum Gasteiger partial charge on any atom is -0.349 e. The zero-order valence-corrected chi connectivity index (χ0v) is 17.3. The zero-order valence-electron chi connectivity index (χ0n) is 14.9. The number of nitrogens with zero attached hydrogens (tertiary/aromatic N) is 3. The summed E-state index contributed by atoms with van der Waals surface area (Å²) in [4.78, 5) is 52.2. The lowest BCUT2D eigenvalue weighted by Gasteiger charge is -2.12. The zero-order chi connectivity index (χ0) is 21.1. The molecule has 0 radical (unpaired) electrons. The quantitative estimate of drug-likeness (QED) is 0.404. The predicted octanol–water partition coefficient (Wildman–Crippen LogP) is 3.48. The third-order valence-corrected chi connectivity index (χ3v) is 5.81. The molecule has 0 spiro atoms. The van der Waals surface area contributed by atoms with Gasteiger partial charge in [-0.1, -0.05) is 17.7 Å². The fraction of sp³-hybridized carbons (Fsp3) is 0.176. The smallest absolute Gasteiger partial charge is 0.293 e. The van der Waals surface area contributed by atoms with E-state index in [2.05, 4.69) is 10.3 Å². The minimum absolute atomic E-state index is 0.00235. The van der Waals surface area contributed by atoms with Gasteiger partial charge in [0.15, 0.2) is 0 Å². The Labute approximate surface area is 177 Å². The first-order valence-corrected chi connectivity index (χ1v) is 10.2. The van der Waals surface area contributed by atoms with Gasteiger partial charge in [-0.2, -0.15) is 0 Å². The van der Waals surface area contributed by atoms with Crippen LogP contribution < -0.4 is 5.32 Å². The van der Waals surface area contributed by atoms with Crippen molar-refractivity contribution < 1.29 is 19.3 Å². The molecule has 2 aromatic rings. The molecule has 0 saturated carbocycles. The van der Waals surface area contributed by atoms with Gasteiger partial charge in [0.05, 0.1) is 14.8 Å². The number of benzene rings is 1. The summed E-state index contributed by atoms with van der Waals surface area (Å²) in [7, 11) is 0. The fourth-order valence-electron chi connectivity index (χ4n) is 2.44. The van der Waals surface area contributed by atoms with Crippen LogP contribution in [0.1, 0.15) is 21.1 Å². The monoisotopic (exact) mass is 452 g/mol. The molecule has 0 aliphatic carbocycles. The highest BCUT2D eigenvalue weighted by Crippen LogP contribution is 2.33. The van der Waals surface area contributed by atoms with E-state index in [-0.39, 0.29) is 40.3 Å². The molecule has 2 heterocycles. The Kier molecular flexibility index (Phi) is 6.30. The van der Waals surface area contributed by atoms with Crippen LogP contribution >= 0.6 is 34.7 Å². The second kappa shape index (κ2) is 8.72. The number of carbonyl (C=O) groups excluding carboxylic acids is 3. The van der Waals surface area contributed by atoms with Gasteiger partial charge in [0, 0.05) is 24.5 Å². The van der Waals surface area contributed by atoms with Crippen molar-refractivity contribution in [2.45, 2.75) is 6.92 Å². The van der Waals surface area contributed by atoms with E-state index in [0.717, 1.165) is 21.7 Å². The van der Waals surface area contributed by atoms with Gasteiger partial charge in [-0.3, -0.25) is 29.4 Å². The Balaban J connectivity index is 1.65. The highest BCUT2D eigenvalue weighted by Gasteiger charge is 2.34. The molecule has 0 bridgehead atoms. The van der Waals surface area contributed by atoms with Gasteiger partial charge in [0.2, 0.25) is 0 Å². The summed E-state index contributed by atoms with van der Waals surface area (Å²) in [6.07, 6.45) is 1.39. The van der Waals surface area contributed by atoms with Gasteiger partial charge in [-0.25, -0.2) is 4.98 Å². The molecule has 3 amide bonds. The van der Waals surface area contributed by atoms with Gasteiger partial charge in [0.25, 0.3) is 22.7 Å². The predicted molar refractivity (Wildman–Crippen MR) is 110 cm³/mol. The third kappa shape index (κ3) is 4.81. The van der Waals surface area contributed by atoms with Crippen LogP contribution in [0.15, 0.2) is 28.5 Å². The maximum Gasteiger partial charge on any atom is 0.293 e. The van der Waals surface area contributed by atoms with Gasteiger partial charge < -0.3 is 5.32 Å². The number of nitro groups is 1. The number of nitrogens with one attached hydrogen (secondary N) is 1. The topological polar surface area (TPSA) is 123 Å². The maximum atomic E-state index is 12.5. The largest absolute Gasteiger partial charge is 0.349 e. The summed E-state index contributed by atoms with van der Waals surface area (Å²) in [5.41, 5.74) is 0.365. The van der Waals surface area contributed by atoms with Crippen LogP contribution in [0.4, 0.5) is 10.5 Å². The molecule has 1 aliphatic rings. The van der Waals surface area contributed by atoms with Crippen molar-refractivity contribution >= 4 is 63.5 Å². The summed E-state index contributed by atoms with van der Waals surface area (Å²) >= 11 is 7.85. The summed E-state index contributed by atoms with van der Waals surface area (Å²) in [5.74, 6) is -0.915. The number of nitro benzene ring substituents is 1. The van der Waals surface area contributed by atoms with Crippen LogP contribution in [0.3, 0.4) is 0 Å². The molecule has 0 atom stereocenters. The van der Waals surface area contributed by atoms with E-state index in [9.17, 15) is 24.5 Å². The molecule has 1 aromatic heterocycles. The first-order chi connectivity index (χ1) is 13.8. The van der Waals surface area contributed by atoms with E-state index in [1.165, 1.54) is 35.6 Å². The van der Waals surface area contributed by atoms with Crippen molar-refractivity contribution in [3.63, 3.8) is 0 Å². The SMILES string of the molecule is Cc1nc(C(=O)NCCN2C(=O)S/C(=C/c3ccc(Cl)c([N+](=O)[O-])c3)C2=O)cs1. The molecular weight excluding hydrogens is 440 g/mol. The van der Waals surface area contributed by atoms with Crippen molar-refractivity contribution in [3.05, 3.63) is 59.9 Å². The van der Waals surface area contributed by atoms with Crippen molar-refractivity contribution in [1.82, 2.24) is 15.2 Å². The number of thioether (sulfide) groups is 1. The van der Waals surface area contributed by atoms with Crippen LogP contribution in [-0.4, -0.2) is 45.0 Å². The van der Waals surface area contributed by atoms with Crippen molar-refractivity contribution in [1.29, 1.82) is 0 Å². The number of aryl methyl sites for hydroxylation is 1. The lowest BCUT2D eigenvalue weighted by atomic mass is 10.2. The highest BCUT2D eigenvalue weighted by atomic mass is 35.5. The van der Waals surface area contributed by atoms with Crippen LogP contribution in [0, 0.1) is 17.0 Å². The fourth-order valence-corrected chi connectivity index (χ4v) is 4.09. The first kappa shape index (κ1) is 21.0. The minimum atomic E-state index is -0.627. The van der Waals surface area contributed by atoms with E-state index in [0.29, 0.717) is 5.56 Å². The highest BCUT2D eigenvalue weighted by molar-refractivity contribution is 8.18.